The average Bonchev–Trinajstić information content (AvgIpc) is 3.04. The van der Waals surface area contributed by atoms with E-state index in [1.807, 2.05) is 6.92 Å². The third-order valence-electron chi connectivity index (χ3n) is 3.35. The molecule has 0 fully saturated rings. The summed E-state index contributed by atoms with van der Waals surface area (Å²) < 4.78 is 19.7. The number of rotatable bonds is 8. The molecule has 2 rings (SSSR count). The van der Waals surface area contributed by atoms with Crippen LogP contribution >= 0.6 is 0 Å². The van der Waals surface area contributed by atoms with Crippen LogP contribution in [0.4, 0.5) is 4.39 Å². The van der Waals surface area contributed by atoms with Crippen molar-refractivity contribution >= 4 is 5.91 Å². The summed E-state index contributed by atoms with van der Waals surface area (Å²) >= 11 is 0. The number of aromatic nitrogens is 3. The van der Waals surface area contributed by atoms with E-state index in [4.69, 9.17) is 9.84 Å². The number of carbonyl (C=O) groups is 1. The lowest BCUT2D eigenvalue weighted by molar-refractivity contribution is 0.0947. The number of carbonyl (C=O) groups excluding carboxylic acids is 1. The van der Waals surface area contributed by atoms with E-state index in [0.717, 1.165) is 0 Å². The van der Waals surface area contributed by atoms with Gasteiger partial charge in [-0.25, -0.2) is 4.39 Å². The molecule has 1 unspecified atom stereocenters. The molecular weight excluding hydrogens is 327 g/mol. The van der Waals surface area contributed by atoms with Gasteiger partial charge in [0.1, 0.15) is 17.6 Å². The second-order valence-electron chi connectivity index (χ2n) is 5.52. The first-order valence-electron chi connectivity index (χ1n) is 7.85. The van der Waals surface area contributed by atoms with E-state index in [2.05, 4.69) is 22.1 Å². The maximum absolute atomic E-state index is 14.2. The lowest BCUT2D eigenvalue weighted by Crippen LogP contribution is -2.26. The molecule has 1 aromatic heterocycles. The number of ether oxygens (including phenoxy) is 1. The summed E-state index contributed by atoms with van der Waals surface area (Å²) in [7, 11) is 0. The molecule has 1 amide bonds. The molecule has 0 saturated carbocycles. The Kier molecular flexibility index (Phi) is 6.24. The lowest BCUT2D eigenvalue weighted by atomic mass is 10.2. The molecule has 1 heterocycles. The van der Waals surface area contributed by atoms with Crippen molar-refractivity contribution in [2.75, 3.05) is 13.2 Å². The zero-order valence-electron chi connectivity index (χ0n) is 14.2. The number of halogens is 1. The molecule has 1 aromatic carbocycles. The number of allylic oxidation sites excluding steroid dienone is 1. The normalized spacial score (nSPS) is 11.8. The third-order valence-corrected chi connectivity index (χ3v) is 3.35. The largest absolute Gasteiger partial charge is 0.490 e. The molecule has 0 saturated heterocycles. The Labute approximate surface area is 145 Å². The fraction of sp³-hybridized carbons (Fsp3) is 0.353. The van der Waals surface area contributed by atoms with Crippen LogP contribution < -0.4 is 5.32 Å². The van der Waals surface area contributed by atoms with Crippen molar-refractivity contribution in [3.05, 3.63) is 53.8 Å². The molecule has 0 aliphatic heterocycles. The number of nitrogens with zero attached hydrogens (tertiary/aromatic N) is 3. The van der Waals surface area contributed by atoms with Crippen LogP contribution in [0.3, 0.4) is 0 Å². The maximum atomic E-state index is 14.2. The summed E-state index contributed by atoms with van der Waals surface area (Å²) in [6.07, 6.45) is 1.62. The summed E-state index contributed by atoms with van der Waals surface area (Å²) in [6, 6.07) is 4.11. The minimum absolute atomic E-state index is 0.0392. The van der Waals surface area contributed by atoms with Crippen LogP contribution in [0.1, 0.15) is 42.4 Å². The van der Waals surface area contributed by atoms with Gasteiger partial charge >= 0.3 is 0 Å². The Hall–Kier alpha value is -2.74. The van der Waals surface area contributed by atoms with E-state index in [1.165, 1.54) is 23.1 Å². The van der Waals surface area contributed by atoms with Gasteiger partial charge in [-0.1, -0.05) is 6.58 Å². The molecule has 0 spiro atoms. The Balaban J connectivity index is 2.13. The molecule has 134 valence electrons. The number of benzene rings is 1. The van der Waals surface area contributed by atoms with Crippen LogP contribution in [-0.2, 0) is 4.74 Å². The topological polar surface area (TPSA) is 89.3 Å². The fourth-order valence-electron chi connectivity index (χ4n) is 2.14. The van der Waals surface area contributed by atoms with Gasteiger partial charge in [0.25, 0.3) is 5.91 Å². The van der Waals surface area contributed by atoms with Gasteiger partial charge in [0.05, 0.1) is 23.2 Å². The van der Waals surface area contributed by atoms with E-state index in [0.29, 0.717) is 23.6 Å². The Morgan fingerprint density at radius 3 is 2.92 bits per heavy atom. The summed E-state index contributed by atoms with van der Waals surface area (Å²) in [5.41, 5.74) is 0.889. The minimum atomic E-state index is -0.677. The van der Waals surface area contributed by atoms with Crippen molar-refractivity contribution in [3.8, 4) is 5.69 Å². The fourth-order valence-corrected chi connectivity index (χ4v) is 2.14. The van der Waals surface area contributed by atoms with Gasteiger partial charge in [0, 0.05) is 19.2 Å². The molecule has 1 atom stereocenters. The van der Waals surface area contributed by atoms with Gasteiger partial charge in [0.2, 0.25) is 0 Å². The molecule has 0 radical (unpaired) electrons. The monoisotopic (exact) mass is 348 g/mol. The van der Waals surface area contributed by atoms with E-state index in [9.17, 15) is 9.18 Å². The van der Waals surface area contributed by atoms with Gasteiger partial charge < -0.3 is 15.2 Å². The number of nitrogens with one attached hydrogen (secondary N) is 1. The van der Waals surface area contributed by atoms with E-state index < -0.39 is 11.7 Å². The molecule has 0 bridgehead atoms. The highest BCUT2D eigenvalue weighted by molar-refractivity contribution is 5.94. The number of aliphatic hydroxyl groups is 1. The molecular formula is C17H21FN4O3. The van der Waals surface area contributed by atoms with Crippen LogP contribution in [0.15, 0.2) is 36.7 Å². The van der Waals surface area contributed by atoms with Crippen molar-refractivity contribution in [1.82, 2.24) is 20.3 Å². The first-order valence-corrected chi connectivity index (χ1v) is 7.85. The molecule has 2 aromatic rings. The second kappa shape index (κ2) is 8.39. The highest BCUT2D eigenvalue weighted by Crippen LogP contribution is 2.18. The maximum Gasteiger partial charge on any atom is 0.254 e. The molecule has 25 heavy (non-hydrogen) atoms. The van der Waals surface area contributed by atoms with Crippen LogP contribution in [0.25, 0.3) is 5.69 Å². The SMILES string of the molecule is C=C(C)OC(C)c1cnn(-c2ccc(C(=O)NCCCO)c(F)c2)n1. The van der Waals surface area contributed by atoms with Crippen LogP contribution in [0, 0.1) is 5.82 Å². The summed E-state index contributed by atoms with van der Waals surface area (Å²) in [6.45, 7) is 7.46. The zero-order chi connectivity index (χ0) is 18.4. The summed E-state index contributed by atoms with van der Waals surface area (Å²) in [4.78, 5) is 13.2. The number of aliphatic hydroxyl groups excluding tert-OH is 1. The molecule has 0 aliphatic rings. The third kappa shape index (κ3) is 4.87. The molecule has 0 aliphatic carbocycles. The number of hydrogen-bond donors (Lipinski definition) is 2. The van der Waals surface area contributed by atoms with Crippen LogP contribution in [0.5, 0.6) is 0 Å². The predicted molar refractivity (Wildman–Crippen MR) is 89.7 cm³/mol. The molecule has 7 nitrogen and oxygen atoms in total. The smallest absolute Gasteiger partial charge is 0.254 e. The summed E-state index contributed by atoms with van der Waals surface area (Å²) in [5.74, 6) is -0.649. The quantitative estimate of drug-likeness (QED) is 0.563. The second-order valence-corrected chi connectivity index (χ2v) is 5.52. The van der Waals surface area contributed by atoms with Gasteiger partial charge in [-0.05, 0) is 32.4 Å². The molecule has 2 N–H and O–H groups in total. The van der Waals surface area contributed by atoms with E-state index in [-0.39, 0.29) is 24.8 Å². The van der Waals surface area contributed by atoms with Gasteiger partial charge in [-0.2, -0.15) is 9.90 Å². The zero-order valence-corrected chi connectivity index (χ0v) is 14.2. The minimum Gasteiger partial charge on any atom is -0.490 e. The van der Waals surface area contributed by atoms with Crippen molar-refractivity contribution in [3.63, 3.8) is 0 Å². The predicted octanol–water partition coefficient (Wildman–Crippen LogP) is 2.13. The standard InChI is InChI=1S/C17H21FN4O3/c1-11(2)25-12(3)16-10-20-22(21-16)13-5-6-14(15(18)9-13)17(24)19-7-4-8-23/h5-6,9-10,12,23H,1,4,7-8H2,2-3H3,(H,19,24). The van der Waals surface area contributed by atoms with Crippen molar-refractivity contribution in [2.24, 2.45) is 0 Å². The average molecular weight is 348 g/mol. The van der Waals surface area contributed by atoms with E-state index in [1.54, 1.807) is 13.0 Å². The van der Waals surface area contributed by atoms with Gasteiger partial charge in [-0.3, -0.25) is 4.79 Å². The first kappa shape index (κ1) is 18.6. The van der Waals surface area contributed by atoms with Crippen LogP contribution in [0.2, 0.25) is 0 Å². The van der Waals surface area contributed by atoms with Crippen molar-refractivity contribution in [1.29, 1.82) is 0 Å². The Bertz CT molecular complexity index is 760. The lowest BCUT2D eigenvalue weighted by Gasteiger charge is -2.11. The highest BCUT2D eigenvalue weighted by Gasteiger charge is 2.15. The van der Waals surface area contributed by atoms with Crippen LogP contribution in [-0.4, -0.2) is 39.2 Å². The number of amides is 1. The van der Waals surface area contributed by atoms with Gasteiger partial charge in [0.15, 0.2) is 0 Å². The highest BCUT2D eigenvalue weighted by atomic mass is 19.1. The Morgan fingerprint density at radius 2 is 2.28 bits per heavy atom. The number of hydrogen-bond acceptors (Lipinski definition) is 5. The van der Waals surface area contributed by atoms with Crippen molar-refractivity contribution in [2.45, 2.75) is 26.4 Å². The van der Waals surface area contributed by atoms with Crippen molar-refractivity contribution < 1.29 is 19.0 Å². The van der Waals surface area contributed by atoms with E-state index >= 15 is 0 Å². The van der Waals surface area contributed by atoms with Gasteiger partial charge in [-0.15, -0.1) is 5.10 Å². The molecule has 8 heteroatoms. The first-order chi connectivity index (χ1) is 11.9. The Morgan fingerprint density at radius 1 is 1.52 bits per heavy atom. The summed E-state index contributed by atoms with van der Waals surface area (Å²) in [5, 5.41) is 19.6.